The molecule has 3 N–H and O–H groups in total. The van der Waals surface area contributed by atoms with Crippen LogP contribution in [-0.2, 0) is 17.8 Å². The third kappa shape index (κ3) is 6.39. The van der Waals surface area contributed by atoms with Crippen LogP contribution in [0.5, 0.6) is 5.75 Å². The first-order chi connectivity index (χ1) is 16.8. The van der Waals surface area contributed by atoms with E-state index in [1.807, 2.05) is 18.2 Å². The molecule has 4 rings (SSSR count). The molecule has 1 heterocycles. The second kappa shape index (κ2) is 11.2. The molecular weight excluding hydrogens is 552 g/mol. The van der Waals surface area contributed by atoms with Crippen molar-refractivity contribution in [1.82, 2.24) is 5.32 Å². The maximum atomic E-state index is 12.5. The van der Waals surface area contributed by atoms with Crippen LogP contribution in [0.15, 0.2) is 70.0 Å². The van der Waals surface area contributed by atoms with Crippen molar-refractivity contribution < 1.29 is 19.4 Å². The number of hydrogen-bond acceptors (Lipinski definition) is 5. The Morgan fingerprint density at radius 2 is 1.86 bits per heavy atom. The van der Waals surface area contributed by atoms with E-state index in [4.69, 9.17) is 21.4 Å². The number of benzene rings is 3. The summed E-state index contributed by atoms with van der Waals surface area (Å²) in [6.07, 6.45) is 2.76. The van der Waals surface area contributed by atoms with E-state index in [-0.39, 0.29) is 23.6 Å². The second-order valence-corrected chi connectivity index (χ2v) is 10.2. The lowest BCUT2D eigenvalue weighted by atomic mass is 10.1. The van der Waals surface area contributed by atoms with Gasteiger partial charge in [0.1, 0.15) is 6.61 Å². The summed E-state index contributed by atoms with van der Waals surface area (Å²) in [5.41, 5.74) is 3.70. The first-order valence-electron chi connectivity index (χ1n) is 10.8. The van der Waals surface area contributed by atoms with Crippen molar-refractivity contribution in [2.45, 2.75) is 25.4 Å². The fourth-order valence-corrected chi connectivity index (χ4v) is 5.38. The lowest BCUT2D eigenvalue weighted by Gasteiger charge is -2.13. The van der Waals surface area contributed by atoms with Crippen molar-refractivity contribution in [1.29, 1.82) is 0 Å². The standard InChI is InChI=1S/C26H22BrClN2O4S/c1-2-15-5-9-19(10-6-15)29-26-30-24(31)22(35-26)13-17-11-20(27)23(21(28)12-17)34-14-16-3-7-18(8-4-16)25(32)33/h3-13,26,29H,2,14H2,1H3,(H,30,31)(H,32,33)/b22-13-/t26-/m0/s1. The van der Waals surface area contributed by atoms with E-state index in [1.54, 1.807) is 24.3 Å². The van der Waals surface area contributed by atoms with E-state index in [9.17, 15) is 9.59 Å². The average Bonchev–Trinajstić information content (AvgIpc) is 3.17. The summed E-state index contributed by atoms with van der Waals surface area (Å²) in [5, 5.41) is 15.6. The Labute approximate surface area is 220 Å². The number of carbonyl (C=O) groups excluding carboxylic acids is 1. The van der Waals surface area contributed by atoms with Crippen molar-refractivity contribution in [2.24, 2.45) is 0 Å². The molecule has 1 aliphatic rings. The number of nitrogens with one attached hydrogen (secondary N) is 2. The van der Waals surface area contributed by atoms with Crippen molar-refractivity contribution in [3.8, 4) is 5.75 Å². The zero-order valence-electron chi connectivity index (χ0n) is 18.7. The van der Waals surface area contributed by atoms with Crippen LogP contribution < -0.4 is 15.4 Å². The lowest BCUT2D eigenvalue weighted by Crippen LogP contribution is -2.30. The number of carboxylic acid groups (broad SMARTS) is 1. The molecule has 3 aromatic rings. The van der Waals surface area contributed by atoms with Gasteiger partial charge in [0.05, 0.1) is 20.0 Å². The van der Waals surface area contributed by atoms with Gasteiger partial charge in [-0.1, -0.05) is 54.6 Å². The minimum atomic E-state index is -0.977. The van der Waals surface area contributed by atoms with Crippen LogP contribution in [-0.4, -0.2) is 22.5 Å². The summed E-state index contributed by atoms with van der Waals surface area (Å²) in [6, 6.07) is 18.2. The van der Waals surface area contributed by atoms with Gasteiger partial charge in [0, 0.05) is 5.69 Å². The fraction of sp³-hybridized carbons (Fsp3) is 0.154. The molecule has 6 nitrogen and oxygen atoms in total. The van der Waals surface area contributed by atoms with Gasteiger partial charge in [-0.2, -0.15) is 0 Å². The number of aromatic carboxylic acids is 1. The Morgan fingerprint density at radius 1 is 1.17 bits per heavy atom. The van der Waals surface area contributed by atoms with Crippen molar-refractivity contribution in [2.75, 3.05) is 5.32 Å². The first kappa shape index (κ1) is 25.2. The third-order valence-electron chi connectivity index (χ3n) is 5.29. The molecule has 1 atom stereocenters. The van der Waals surface area contributed by atoms with Gasteiger partial charge < -0.3 is 20.5 Å². The van der Waals surface area contributed by atoms with Gasteiger partial charge in [-0.15, -0.1) is 0 Å². The highest BCUT2D eigenvalue weighted by atomic mass is 79.9. The monoisotopic (exact) mass is 572 g/mol. The number of carbonyl (C=O) groups is 2. The fourth-order valence-electron chi connectivity index (χ4n) is 3.40. The van der Waals surface area contributed by atoms with E-state index in [0.29, 0.717) is 20.2 Å². The molecule has 0 saturated carbocycles. The van der Waals surface area contributed by atoms with Gasteiger partial charge in [-0.05, 0) is 81.5 Å². The highest BCUT2D eigenvalue weighted by Gasteiger charge is 2.27. The Kier molecular flexibility index (Phi) is 8.05. The summed E-state index contributed by atoms with van der Waals surface area (Å²) in [7, 11) is 0. The van der Waals surface area contributed by atoms with E-state index < -0.39 is 5.97 Å². The largest absolute Gasteiger partial charge is 0.486 e. The molecule has 35 heavy (non-hydrogen) atoms. The van der Waals surface area contributed by atoms with Gasteiger partial charge in [-0.3, -0.25) is 4.79 Å². The van der Waals surface area contributed by atoms with Crippen LogP contribution >= 0.6 is 39.3 Å². The lowest BCUT2D eigenvalue weighted by molar-refractivity contribution is -0.116. The summed E-state index contributed by atoms with van der Waals surface area (Å²) < 4.78 is 6.50. The van der Waals surface area contributed by atoms with Gasteiger partial charge in [0.15, 0.2) is 11.2 Å². The van der Waals surface area contributed by atoms with Crippen LogP contribution in [0.4, 0.5) is 5.69 Å². The minimum Gasteiger partial charge on any atom is -0.486 e. The Bertz CT molecular complexity index is 1260. The van der Waals surface area contributed by atoms with Crippen molar-refractivity contribution >= 4 is 62.9 Å². The summed E-state index contributed by atoms with van der Waals surface area (Å²) >= 11 is 11.4. The zero-order valence-corrected chi connectivity index (χ0v) is 21.8. The maximum absolute atomic E-state index is 12.5. The van der Waals surface area contributed by atoms with Crippen LogP contribution in [0.1, 0.15) is 34.0 Å². The molecule has 3 aromatic carbocycles. The van der Waals surface area contributed by atoms with E-state index in [1.165, 1.54) is 29.5 Å². The number of amides is 1. The van der Waals surface area contributed by atoms with E-state index in [0.717, 1.165) is 23.2 Å². The Morgan fingerprint density at radius 3 is 2.49 bits per heavy atom. The molecule has 0 radical (unpaired) electrons. The summed E-state index contributed by atoms with van der Waals surface area (Å²) in [6.45, 7) is 2.33. The predicted molar refractivity (Wildman–Crippen MR) is 144 cm³/mol. The molecule has 9 heteroatoms. The number of anilines is 1. The smallest absolute Gasteiger partial charge is 0.335 e. The van der Waals surface area contributed by atoms with Gasteiger partial charge in [0.2, 0.25) is 0 Å². The topological polar surface area (TPSA) is 87.7 Å². The molecule has 0 bridgehead atoms. The molecule has 180 valence electrons. The molecule has 1 aliphatic heterocycles. The van der Waals surface area contributed by atoms with Crippen LogP contribution in [0.2, 0.25) is 5.02 Å². The van der Waals surface area contributed by atoms with Crippen molar-refractivity contribution in [3.63, 3.8) is 0 Å². The number of carboxylic acids is 1. The van der Waals surface area contributed by atoms with Crippen LogP contribution in [0.25, 0.3) is 6.08 Å². The van der Waals surface area contributed by atoms with Gasteiger partial charge >= 0.3 is 5.97 Å². The molecule has 1 saturated heterocycles. The van der Waals surface area contributed by atoms with Gasteiger partial charge in [0.25, 0.3) is 5.91 Å². The number of rotatable bonds is 8. The highest BCUT2D eigenvalue weighted by molar-refractivity contribution is 9.10. The minimum absolute atomic E-state index is 0.157. The molecule has 0 aliphatic carbocycles. The molecule has 1 amide bonds. The number of thioether (sulfide) groups is 1. The first-order valence-corrected chi connectivity index (χ1v) is 12.9. The Balaban J connectivity index is 1.42. The number of aryl methyl sites for hydroxylation is 1. The van der Waals surface area contributed by atoms with E-state index in [2.05, 4.69) is 45.6 Å². The quantitative estimate of drug-likeness (QED) is 0.265. The third-order valence-corrected chi connectivity index (χ3v) is 7.19. The second-order valence-electron chi connectivity index (χ2n) is 7.78. The highest BCUT2D eigenvalue weighted by Crippen LogP contribution is 2.37. The average molecular weight is 574 g/mol. The molecular formula is C26H22BrClN2O4S. The van der Waals surface area contributed by atoms with E-state index >= 15 is 0 Å². The maximum Gasteiger partial charge on any atom is 0.335 e. The molecule has 0 spiro atoms. The number of halogens is 2. The zero-order chi connectivity index (χ0) is 24.9. The number of hydrogen-bond donors (Lipinski definition) is 3. The SMILES string of the molecule is CCc1ccc(N[C@H]2NC(=O)/C(=C/c3cc(Cl)c(OCc4ccc(C(=O)O)cc4)c(Br)c3)S2)cc1. The summed E-state index contributed by atoms with van der Waals surface area (Å²) in [4.78, 5) is 24.1. The van der Waals surface area contributed by atoms with Crippen molar-refractivity contribution in [3.05, 3.63) is 97.3 Å². The molecule has 0 unspecified atom stereocenters. The summed E-state index contributed by atoms with van der Waals surface area (Å²) in [5.74, 6) is -0.667. The van der Waals surface area contributed by atoms with Gasteiger partial charge in [-0.25, -0.2) is 4.79 Å². The normalized spacial score (nSPS) is 16.3. The van der Waals surface area contributed by atoms with Crippen LogP contribution in [0.3, 0.4) is 0 Å². The predicted octanol–water partition coefficient (Wildman–Crippen LogP) is 6.54. The Hall–Kier alpha value is -2.94. The van der Waals surface area contributed by atoms with Crippen LogP contribution in [0, 0.1) is 0 Å². The molecule has 1 fully saturated rings. The number of ether oxygens (including phenoxy) is 1. The molecule has 0 aromatic heterocycles.